The van der Waals surface area contributed by atoms with E-state index in [1.165, 1.54) is 5.56 Å². The van der Waals surface area contributed by atoms with E-state index in [-0.39, 0.29) is 35.9 Å². The molecule has 1 aliphatic rings. The molecule has 0 aliphatic carbocycles. The zero-order valence-corrected chi connectivity index (χ0v) is 22.1. The summed E-state index contributed by atoms with van der Waals surface area (Å²) < 4.78 is 20.5. The lowest BCUT2D eigenvalue weighted by molar-refractivity contribution is 0.145. The molecule has 1 aliphatic heterocycles. The summed E-state index contributed by atoms with van der Waals surface area (Å²) in [6, 6.07) is 13.3. The number of piperidine rings is 1. The molecule has 0 amide bonds. The lowest BCUT2D eigenvalue weighted by atomic mass is 10.1. The number of likely N-dealkylation sites (N-methyl/N-ethyl adjacent to an activating group) is 1. The maximum absolute atomic E-state index is 14.7. The zero-order valence-electron chi connectivity index (χ0n) is 19.8. The number of nitrogens with zero attached hydrogens (tertiary/aromatic N) is 3. The summed E-state index contributed by atoms with van der Waals surface area (Å²) in [4.78, 5) is 8.69. The summed E-state index contributed by atoms with van der Waals surface area (Å²) >= 11 is 0. The largest absolute Gasteiger partial charge is 0.492 e. The number of benzene rings is 2. The van der Waals surface area contributed by atoms with E-state index in [0.29, 0.717) is 51.3 Å². The molecular weight excluding hydrogens is 534 g/mol. The van der Waals surface area contributed by atoms with Gasteiger partial charge in [0.25, 0.3) is 0 Å². The standard InChI is InChI=1S/C25H35FN4O2.HI/c1-4-27-25(29(3)15-16-32-22-8-5-19(2)6-9-22)28-18-20-7-10-24(23(26)17-20)30-13-11-21(31)12-14-30;/h5-10,17,21,31H,4,11-16,18H2,1-3H3,(H,27,28);1H. The number of aliphatic hydroxyl groups excluding tert-OH is 1. The second kappa shape index (κ2) is 13.6. The highest BCUT2D eigenvalue weighted by Crippen LogP contribution is 2.24. The van der Waals surface area contributed by atoms with Crippen molar-refractivity contribution >= 4 is 35.6 Å². The van der Waals surface area contributed by atoms with Crippen molar-refractivity contribution in [2.24, 2.45) is 4.99 Å². The Bertz CT molecular complexity index is 886. The van der Waals surface area contributed by atoms with Gasteiger partial charge in [-0.1, -0.05) is 23.8 Å². The molecule has 6 nitrogen and oxygen atoms in total. The fourth-order valence-corrected chi connectivity index (χ4v) is 3.69. The van der Waals surface area contributed by atoms with Crippen LogP contribution in [0.1, 0.15) is 30.9 Å². The summed E-state index contributed by atoms with van der Waals surface area (Å²) in [6.45, 7) is 7.78. The maximum atomic E-state index is 14.7. The number of aryl methyl sites for hydroxylation is 1. The van der Waals surface area contributed by atoms with Crippen LogP contribution < -0.4 is 15.0 Å². The first kappa shape index (κ1) is 27.2. The molecule has 3 rings (SSSR count). The van der Waals surface area contributed by atoms with Crippen LogP contribution in [0, 0.1) is 12.7 Å². The molecule has 2 aromatic carbocycles. The first-order valence-corrected chi connectivity index (χ1v) is 11.4. The summed E-state index contributed by atoms with van der Waals surface area (Å²) in [6.07, 6.45) is 1.08. The molecule has 33 heavy (non-hydrogen) atoms. The Kier molecular flexibility index (Phi) is 11.2. The molecule has 2 aromatic rings. The van der Waals surface area contributed by atoms with Crippen LogP contribution in [0.3, 0.4) is 0 Å². The summed E-state index contributed by atoms with van der Waals surface area (Å²) in [5.41, 5.74) is 2.63. The van der Waals surface area contributed by atoms with Crippen LogP contribution in [0.4, 0.5) is 10.1 Å². The average molecular weight is 570 g/mol. The molecule has 0 atom stereocenters. The van der Waals surface area contributed by atoms with E-state index in [4.69, 9.17) is 4.74 Å². The van der Waals surface area contributed by atoms with E-state index in [9.17, 15) is 9.50 Å². The Labute approximate surface area is 213 Å². The van der Waals surface area contributed by atoms with Crippen LogP contribution in [0.25, 0.3) is 0 Å². The van der Waals surface area contributed by atoms with E-state index < -0.39 is 0 Å². The van der Waals surface area contributed by atoms with Gasteiger partial charge in [0.15, 0.2) is 5.96 Å². The Hall–Kier alpha value is -2.07. The monoisotopic (exact) mass is 570 g/mol. The summed E-state index contributed by atoms with van der Waals surface area (Å²) in [5, 5.41) is 13.0. The van der Waals surface area contributed by atoms with Gasteiger partial charge in [-0.3, -0.25) is 0 Å². The predicted octanol–water partition coefficient (Wildman–Crippen LogP) is 4.19. The van der Waals surface area contributed by atoms with Gasteiger partial charge >= 0.3 is 0 Å². The lowest BCUT2D eigenvalue weighted by Gasteiger charge is -2.31. The minimum Gasteiger partial charge on any atom is -0.492 e. The minimum absolute atomic E-state index is 0. The first-order chi connectivity index (χ1) is 15.5. The number of rotatable bonds is 8. The fourth-order valence-electron chi connectivity index (χ4n) is 3.69. The number of hydrogen-bond acceptors (Lipinski definition) is 4. The molecule has 1 fully saturated rings. The molecule has 0 spiro atoms. The number of guanidine groups is 1. The number of hydrogen-bond donors (Lipinski definition) is 2. The number of ether oxygens (including phenoxy) is 1. The highest BCUT2D eigenvalue weighted by atomic mass is 127. The van der Waals surface area contributed by atoms with Gasteiger partial charge < -0.3 is 25.0 Å². The smallest absolute Gasteiger partial charge is 0.194 e. The van der Waals surface area contributed by atoms with Crippen LogP contribution in [-0.2, 0) is 6.54 Å². The Balaban J connectivity index is 0.00000385. The summed E-state index contributed by atoms with van der Waals surface area (Å²) in [5.74, 6) is 1.37. The third-order valence-electron chi connectivity index (χ3n) is 5.64. The van der Waals surface area contributed by atoms with Gasteiger partial charge in [-0.05, 0) is 56.5 Å². The first-order valence-electron chi connectivity index (χ1n) is 11.4. The van der Waals surface area contributed by atoms with Crippen molar-refractivity contribution in [3.05, 3.63) is 59.4 Å². The number of nitrogens with one attached hydrogen (secondary N) is 1. The molecule has 0 bridgehead atoms. The SMILES string of the molecule is CCNC(=NCc1ccc(N2CCC(O)CC2)c(F)c1)N(C)CCOc1ccc(C)cc1.I. The molecule has 0 aromatic heterocycles. The van der Waals surface area contributed by atoms with Crippen LogP contribution in [0.5, 0.6) is 5.75 Å². The van der Waals surface area contributed by atoms with Crippen molar-refractivity contribution in [3.8, 4) is 5.75 Å². The van der Waals surface area contributed by atoms with Gasteiger partial charge in [-0.25, -0.2) is 9.38 Å². The molecule has 182 valence electrons. The molecule has 2 N–H and O–H groups in total. The lowest BCUT2D eigenvalue weighted by Crippen LogP contribution is -2.40. The second-order valence-electron chi connectivity index (χ2n) is 8.26. The number of aliphatic imine (C=N–C) groups is 1. The molecule has 0 saturated carbocycles. The van der Waals surface area contributed by atoms with Crippen molar-refractivity contribution in [1.29, 1.82) is 0 Å². The topological polar surface area (TPSA) is 60.3 Å². The van der Waals surface area contributed by atoms with Crippen LogP contribution >= 0.6 is 24.0 Å². The minimum atomic E-state index is -0.272. The zero-order chi connectivity index (χ0) is 22.9. The van der Waals surface area contributed by atoms with E-state index >= 15 is 0 Å². The van der Waals surface area contributed by atoms with Crippen LogP contribution in [0.2, 0.25) is 0 Å². The number of halogens is 2. The van der Waals surface area contributed by atoms with Gasteiger partial charge in [0.05, 0.1) is 24.9 Å². The highest BCUT2D eigenvalue weighted by molar-refractivity contribution is 14.0. The maximum Gasteiger partial charge on any atom is 0.194 e. The predicted molar refractivity (Wildman–Crippen MR) is 143 cm³/mol. The molecule has 1 saturated heterocycles. The van der Waals surface area contributed by atoms with E-state index in [2.05, 4.69) is 17.2 Å². The van der Waals surface area contributed by atoms with Crippen molar-refractivity contribution < 1.29 is 14.2 Å². The van der Waals surface area contributed by atoms with Crippen molar-refractivity contribution in [2.75, 3.05) is 44.7 Å². The van der Waals surface area contributed by atoms with E-state index in [0.717, 1.165) is 23.8 Å². The highest BCUT2D eigenvalue weighted by Gasteiger charge is 2.19. The molecule has 1 heterocycles. The third kappa shape index (κ3) is 8.33. The van der Waals surface area contributed by atoms with Crippen molar-refractivity contribution in [2.45, 2.75) is 39.3 Å². The number of anilines is 1. The second-order valence-corrected chi connectivity index (χ2v) is 8.26. The van der Waals surface area contributed by atoms with E-state index in [1.54, 1.807) is 6.07 Å². The Morgan fingerprint density at radius 1 is 1.21 bits per heavy atom. The molecule has 0 radical (unpaired) electrons. The summed E-state index contributed by atoms with van der Waals surface area (Å²) in [7, 11) is 1.97. The fraction of sp³-hybridized carbons (Fsp3) is 0.480. The third-order valence-corrected chi connectivity index (χ3v) is 5.64. The molecule has 8 heteroatoms. The Morgan fingerprint density at radius 3 is 2.55 bits per heavy atom. The molecular formula is C25H36FIN4O2. The Morgan fingerprint density at radius 2 is 1.91 bits per heavy atom. The van der Waals surface area contributed by atoms with Crippen molar-refractivity contribution in [1.82, 2.24) is 10.2 Å². The van der Waals surface area contributed by atoms with Gasteiger partial charge in [0.2, 0.25) is 0 Å². The quantitative estimate of drug-likeness (QED) is 0.283. The van der Waals surface area contributed by atoms with E-state index in [1.807, 2.05) is 60.2 Å². The van der Waals surface area contributed by atoms with Gasteiger partial charge in [0.1, 0.15) is 18.2 Å². The van der Waals surface area contributed by atoms with Gasteiger partial charge in [-0.15, -0.1) is 24.0 Å². The normalized spacial score (nSPS) is 14.6. The van der Waals surface area contributed by atoms with Crippen LogP contribution in [0.15, 0.2) is 47.5 Å². The van der Waals surface area contributed by atoms with Gasteiger partial charge in [-0.2, -0.15) is 0 Å². The van der Waals surface area contributed by atoms with Crippen LogP contribution in [-0.4, -0.2) is 61.9 Å². The van der Waals surface area contributed by atoms with Crippen molar-refractivity contribution in [3.63, 3.8) is 0 Å². The number of aliphatic hydroxyl groups is 1. The average Bonchev–Trinajstić information content (AvgIpc) is 2.78. The molecule has 0 unspecified atom stereocenters. The van der Waals surface area contributed by atoms with Gasteiger partial charge in [0, 0.05) is 26.7 Å².